The first-order chi connectivity index (χ1) is 14.0. The van der Waals surface area contributed by atoms with Crippen LogP contribution in [0.2, 0.25) is 5.02 Å². The SMILES string of the molecule is NC1=NC(N)(N=Nc2ncccn2)NC(N2CCOCC2)=C1c1ccc(Cl)cc1. The van der Waals surface area contributed by atoms with Gasteiger partial charge in [0.15, 0.2) is 0 Å². The molecule has 0 bridgehead atoms. The highest BCUT2D eigenvalue weighted by atomic mass is 35.5. The molecule has 150 valence electrons. The minimum atomic E-state index is -1.59. The van der Waals surface area contributed by atoms with Crippen LogP contribution in [-0.2, 0) is 4.74 Å². The van der Waals surface area contributed by atoms with Crippen molar-refractivity contribution in [3.63, 3.8) is 0 Å². The maximum Gasteiger partial charge on any atom is 0.305 e. The monoisotopic (exact) mass is 413 g/mol. The first-order valence-corrected chi connectivity index (χ1v) is 9.37. The Bertz CT molecular complexity index is 955. The summed E-state index contributed by atoms with van der Waals surface area (Å²) in [4.78, 5) is 14.5. The fourth-order valence-corrected chi connectivity index (χ4v) is 3.19. The normalized spacial score (nSPS) is 22.6. The van der Waals surface area contributed by atoms with Crippen molar-refractivity contribution >= 4 is 29.0 Å². The van der Waals surface area contributed by atoms with Gasteiger partial charge in [-0.3, -0.25) is 5.73 Å². The molecule has 3 heterocycles. The van der Waals surface area contributed by atoms with Crippen LogP contribution >= 0.6 is 11.6 Å². The summed E-state index contributed by atoms with van der Waals surface area (Å²) in [7, 11) is 0. The molecule has 1 unspecified atom stereocenters. The number of aliphatic imine (C=N–C) groups is 1. The Balaban J connectivity index is 1.72. The number of ether oxygens (including phenoxy) is 1. The molecule has 0 amide bonds. The maximum atomic E-state index is 6.35. The van der Waals surface area contributed by atoms with Crippen LogP contribution in [0.25, 0.3) is 5.57 Å². The van der Waals surface area contributed by atoms with E-state index in [1.807, 2.05) is 12.1 Å². The predicted octanol–water partition coefficient (Wildman–Crippen LogP) is 1.45. The second-order valence-electron chi connectivity index (χ2n) is 6.43. The molecular weight excluding hydrogens is 394 g/mol. The van der Waals surface area contributed by atoms with E-state index in [1.54, 1.807) is 30.6 Å². The summed E-state index contributed by atoms with van der Waals surface area (Å²) in [5.41, 5.74) is 14.3. The van der Waals surface area contributed by atoms with E-state index in [0.29, 0.717) is 37.1 Å². The number of halogens is 1. The van der Waals surface area contributed by atoms with Gasteiger partial charge in [-0.25, -0.2) is 15.0 Å². The van der Waals surface area contributed by atoms with Gasteiger partial charge in [0.2, 0.25) is 0 Å². The lowest BCUT2D eigenvalue weighted by Gasteiger charge is -2.38. The van der Waals surface area contributed by atoms with Crippen LogP contribution < -0.4 is 16.8 Å². The zero-order valence-corrected chi connectivity index (χ0v) is 16.3. The van der Waals surface area contributed by atoms with Crippen LogP contribution in [0.4, 0.5) is 5.95 Å². The molecule has 1 fully saturated rings. The summed E-state index contributed by atoms with van der Waals surface area (Å²) < 4.78 is 5.47. The van der Waals surface area contributed by atoms with Crippen LogP contribution in [0.3, 0.4) is 0 Å². The van der Waals surface area contributed by atoms with Gasteiger partial charge < -0.3 is 20.7 Å². The van der Waals surface area contributed by atoms with E-state index in [4.69, 9.17) is 27.8 Å². The summed E-state index contributed by atoms with van der Waals surface area (Å²) in [6, 6.07) is 9.04. The first-order valence-electron chi connectivity index (χ1n) is 9.00. The third-order valence-electron chi connectivity index (χ3n) is 4.39. The lowest BCUT2D eigenvalue weighted by molar-refractivity contribution is 0.0478. The van der Waals surface area contributed by atoms with Crippen molar-refractivity contribution in [2.24, 2.45) is 26.7 Å². The quantitative estimate of drug-likeness (QED) is 0.644. The minimum Gasteiger partial charge on any atom is -0.383 e. The molecule has 5 N–H and O–H groups in total. The van der Waals surface area contributed by atoms with Gasteiger partial charge in [-0.2, -0.15) is 0 Å². The summed E-state index contributed by atoms with van der Waals surface area (Å²) in [6.07, 6.45) is 3.13. The van der Waals surface area contributed by atoms with E-state index < -0.39 is 5.91 Å². The second-order valence-corrected chi connectivity index (χ2v) is 6.86. The smallest absolute Gasteiger partial charge is 0.305 e. The number of benzene rings is 1. The molecule has 1 atom stereocenters. The van der Waals surface area contributed by atoms with Gasteiger partial charge in [0.25, 0.3) is 5.95 Å². The molecule has 0 spiro atoms. The van der Waals surface area contributed by atoms with Crippen molar-refractivity contribution < 1.29 is 4.74 Å². The molecule has 0 saturated carbocycles. The zero-order valence-electron chi connectivity index (χ0n) is 15.5. The summed E-state index contributed by atoms with van der Waals surface area (Å²) >= 11 is 6.04. The molecular formula is C18H20ClN9O. The van der Waals surface area contributed by atoms with Crippen LogP contribution in [0.15, 0.2) is 63.8 Å². The van der Waals surface area contributed by atoms with Crippen molar-refractivity contribution in [1.29, 1.82) is 0 Å². The van der Waals surface area contributed by atoms with E-state index in [-0.39, 0.29) is 11.8 Å². The highest BCUT2D eigenvalue weighted by molar-refractivity contribution is 6.30. The van der Waals surface area contributed by atoms with E-state index in [2.05, 4.69) is 35.4 Å². The van der Waals surface area contributed by atoms with Crippen LogP contribution in [0.5, 0.6) is 0 Å². The molecule has 11 heteroatoms. The zero-order chi connectivity index (χ0) is 20.3. The molecule has 0 radical (unpaired) electrons. The Hall–Kier alpha value is -3.08. The number of rotatable bonds is 4. The summed E-state index contributed by atoms with van der Waals surface area (Å²) in [5, 5.41) is 11.9. The fraction of sp³-hybridized carbons (Fsp3) is 0.278. The van der Waals surface area contributed by atoms with Gasteiger partial charge in [0.1, 0.15) is 11.7 Å². The maximum absolute atomic E-state index is 6.35. The standard InChI is InChI=1S/C18H20ClN9O/c19-13-4-2-12(3-5-13)14-15(20)24-18(21,27-26-17-22-6-1-7-23-17)25-16(14)28-8-10-29-11-9-28/h1-7,25H,8-11,21H2,(H2,20,24). The number of nitrogens with zero attached hydrogens (tertiary/aromatic N) is 6. The van der Waals surface area contributed by atoms with Gasteiger partial charge in [-0.05, 0) is 23.8 Å². The molecule has 4 rings (SSSR count). The van der Waals surface area contributed by atoms with E-state index in [1.165, 1.54) is 0 Å². The van der Waals surface area contributed by atoms with Gasteiger partial charge in [0, 0.05) is 30.5 Å². The minimum absolute atomic E-state index is 0.174. The van der Waals surface area contributed by atoms with Gasteiger partial charge >= 0.3 is 5.91 Å². The number of morpholine rings is 1. The number of aromatic nitrogens is 2. The topological polar surface area (TPSA) is 139 Å². The molecule has 2 aromatic rings. The van der Waals surface area contributed by atoms with Crippen molar-refractivity contribution in [3.8, 4) is 0 Å². The highest BCUT2D eigenvalue weighted by Crippen LogP contribution is 2.28. The third-order valence-corrected chi connectivity index (χ3v) is 4.64. The molecule has 1 saturated heterocycles. The lowest BCUT2D eigenvalue weighted by atomic mass is 10.0. The Morgan fingerprint density at radius 3 is 2.52 bits per heavy atom. The average Bonchev–Trinajstić information content (AvgIpc) is 2.74. The van der Waals surface area contributed by atoms with Crippen molar-refractivity contribution in [3.05, 3.63) is 59.1 Å². The fourth-order valence-electron chi connectivity index (χ4n) is 3.06. The number of nitrogens with two attached hydrogens (primary N) is 2. The molecule has 1 aromatic heterocycles. The van der Waals surface area contributed by atoms with Crippen molar-refractivity contribution in [1.82, 2.24) is 20.2 Å². The molecule has 0 aliphatic carbocycles. The largest absolute Gasteiger partial charge is 0.383 e. The number of hydrogen-bond acceptors (Lipinski definition) is 10. The molecule has 29 heavy (non-hydrogen) atoms. The Kier molecular flexibility index (Phi) is 5.38. The second kappa shape index (κ2) is 8.11. The molecule has 2 aliphatic rings. The van der Waals surface area contributed by atoms with Gasteiger partial charge in [-0.1, -0.05) is 23.7 Å². The van der Waals surface area contributed by atoms with Crippen molar-refractivity contribution in [2.45, 2.75) is 5.91 Å². The van der Waals surface area contributed by atoms with Gasteiger partial charge in [-0.15, -0.1) is 10.2 Å². The highest BCUT2D eigenvalue weighted by Gasteiger charge is 2.35. The Labute approximate surface area is 172 Å². The number of nitrogens with one attached hydrogen (secondary N) is 1. The van der Waals surface area contributed by atoms with E-state index in [9.17, 15) is 0 Å². The Morgan fingerprint density at radius 1 is 1.14 bits per heavy atom. The predicted molar refractivity (Wildman–Crippen MR) is 109 cm³/mol. The number of hydrogen-bond donors (Lipinski definition) is 3. The van der Waals surface area contributed by atoms with E-state index in [0.717, 1.165) is 11.1 Å². The number of amidine groups is 1. The van der Waals surface area contributed by atoms with Crippen LogP contribution in [-0.4, -0.2) is 52.9 Å². The van der Waals surface area contributed by atoms with Crippen LogP contribution in [0, 0.1) is 0 Å². The summed E-state index contributed by atoms with van der Waals surface area (Å²) in [6.45, 7) is 2.52. The third kappa shape index (κ3) is 4.34. The van der Waals surface area contributed by atoms with E-state index >= 15 is 0 Å². The summed E-state index contributed by atoms with van der Waals surface area (Å²) in [5.74, 6) is -0.470. The molecule has 10 nitrogen and oxygen atoms in total. The lowest BCUT2D eigenvalue weighted by Crippen LogP contribution is -2.57. The van der Waals surface area contributed by atoms with Crippen molar-refractivity contribution in [2.75, 3.05) is 26.3 Å². The van der Waals surface area contributed by atoms with Crippen LogP contribution in [0.1, 0.15) is 5.56 Å². The molecule has 1 aromatic carbocycles. The first kappa shape index (κ1) is 19.2. The molecule has 2 aliphatic heterocycles. The average molecular weight is 414 g/mol. The Morgan fingerprint density at radius 2 is 1.83 bits per heavy atom. The number of azo groups is 1. The van der Waals surface area contributed by atoms with Gasteiger partial charge in [0.05, 0.1) is 18.8 Å².